The van der Waals surface area contributed by atoms with Gasteiger partial charge >= 0.3 is 6.08 Å². The monoisotopic (exact) mass is 247 g/mol. The van der Waals surface area contributed by atoms with Crippen LogP contribution in [-0.2, 0) is 0 Å². The molecule has 2 rings (SSSR count). The third-order valence-electron chi connectivity index (χ3n) is 2.06. The number of ether oxygens (including phenoxy) is 1. The second kappa shape index (κ2) is 4.66. The maximum Gasteiger partial charge on any atom is 0.420 e. The van der Waals surface area contributed by atoms with Crippen molar-refractivity contribution in [1.29, 1.82) is 0 Å². The van der Waals surface area contributed by atoms with Gasteiger partial charge in [-0.05, 0) is 12.1 Å². The average Bonchev–Trinajstić information content (AvgIpc) is 2.78. The molecule has 0 saturated heterocycles. The van der Waals surface area contributed by atoms with Gasteiger partial charge in [-0.1, -0.05) is 17.2 Å². The molecule has 7 nitrogen and oxygen atoms in total. The molecule has 0 saturated carbocycles. The van der Waals surface area contributed by atoms with Crippen LogP contribution in [-0.4, -0.2) is 21.9 Å². The number of Topliss-reactive ketones (excluding diaryl/α,β-unsaturated/α-hetero) is 1. The van der Waals surface area contributed by atoms with E-state index >= 15 is 0 Å². The van der Waals surface area contributed by atoms with Crippen molar-refractivity contribution in [2.45, 2.75) is 6.92 Å². The lowest BCUT2D eigenvalue weighted by atomic mass is 10.2. The van der Waals surface area contributed by atoms with Gasteiger partial charge in [0, 0.05) is 6.92 Å². The zero-order valence-electron chi connectivity index (χ0n) is 9.41. The number of carbonyl (C=O) groups excluding carboxylic acids is 2. The van der Waals surface area contributed by atoms with Gasteiger partial charge in [0.25, 0.3) is 11.8 Å². The van der Waals surface area contributed by atoms with Gasteiger partial charge in [0.05, 0.1) is 5.56 Å². The number of primary amides is 1. The molecule has 0 spiro atoms. The molecular formula is C11H9N3O4. The van der Waals surface area contributed by atoms with Crippen LogP contribution in [0.3, 0.4) is 0 Å². The predicted molar refractivity (Wildman–Crippen MR) is 59.3 cm³/mol. The predicted octanol–water partition coefficient (Wildman–Crippen LogP) is 1.16. The van der Waals surface area contributed by atoms with Crippen molar-refractivity contribution >= 4 is 11.7 Å². The highest BCUT2D eigenvalue weighted by Gasteiger charge is 2.15. The van der Waals surface area contributed by atoms with Crippen LogP contribution < -0.4 is 10.5 Å². The Morgan fingerprint density at radius 3 is 2.61 bits per heavy atom. The minimum absolute atomic E-state index is 0.165. The van der Waals surface area contributed by atoms with E-state index in [2.05, 4.69) is 10.2 Å². The van der Waals surface area contributed by atoms with E-state index in [1.807, 2.05) is 0 Å². The number of amides is 1. The summed E-state index contributed by atoms with van der Waals surface area (Å²) in [6.07, 6.45) is -0.228. The first-order valence-corrected chi connectivity index (χ1v) is 4.99. The number of hydrogen-bond donors (Lipinski definition) is 1. The Balaban J connectivity index is 2.28. The van der Waals surface area contributed by atoms with Crippen molar-refractivity contribution in [2.24, 2.45) is 5.73 Å². The molecule has 0 aliphatic heterocycles. The fourth-order valence-corrected chi connectivity index (χ4v) is 1.25. The van der Waals surface area contributed by atoms with E-state index in [1.165, 1.54) is 19.1 Å². The quantitative estimate of drug-likeness (QED) is 0.812. The second-order valence-corrected chi connectivity index (χ2v) is 3.39. The Hall–Kier alpha value is -2.70. The molecule has 0 fully saturated rings. The van der Waals surface area contributed by atoms with E-state index in [0.29, 0.717) is 0 Å². The summed E-state index contributed by atoms with van der Waals surface area (Å²) in [6.45, 7) is 1.29. The molecule has 2 aromatic rings. The van der Waals surface area contributed by atoms with Crippen LogP contribution in [0.4, 0.5) is 0 Å². The summed E-state index contributed by atoms with van der Waals surface area (Å²) in [6, 6.07) is 6.32. The molecule has 0 aliphatic carbocycles. The smallest absolute Gasteiger partial charge is 0.409 e. The summed E-state index contributed by atoms with van der Waals surface area (Å²) < 4.78 is 10.1. The van der Waals surface area contributed by atoms with Crippen LogP contribution >= 0.6 is 0 Å². The molecule has 92 valence electrons. The van der Waals surface area contributed by atoms with Gasteiger partial charge < -0.3 is 14.9 Å². The molecule has 1 aromatic heterocycles. The number of nitrogens with two attached hydrogens (primary N) is 1. The van der Waals surface area contributed by atoms with E-state index in [1.54, 1.807) is 12.1 Å². The summed E-state index contributed by atoms with van der Waals surface area (Å²) in [4.78, 5) is 22.1. The van der Waals surface area contributed by atoms with Crippen molar-refractivity contribution in [3.8, 4) is 11.8 Å². The van der Waals surface area contributed by atoms with Gasteiger partial charge in [-0.15, -0.1) is 5.10 Å². The number of rotatable bonds is 4. The van der Waals surface area contributed by atoms with Crippen LogP contribution in [0.5, 0.6) is 11.8 Å². The molecule has 1 heterocycles. The maximum atomic E-state index is 11.1. The van der Waals surface area contributed by atoms with Crippen molar-refractivity contribution in [2.75, 3.05) is 0 Å². The summed E-state index contributed by atoms with van der Waals surface area (Å²) in [5.74, 6) is -0.997. The SMILES string of the molecule is CC(=O)c1nnc(Oc2ccccc2C(N)=O)o1. The number of hydrogen-bond acceptors (Lipinski definition) is 6. The Bertz CT molecular complexity index is 606. The molecule has 0 unspecified atom stereocenters. The molecule has 1 amide bonds. The van der Waals surface area contributed by atoms with E-state index in [0.717, 1.165) is 0 Å². The van der Waals surface area contributed by atoms with E-state index in [9.17, 15) is 9.59 Å². The van der Waals surface area contributed by atoms with Gasteiger partial charge in [0.2, 0.25) is 5.78 Å². The molecule has 0 atom stereocenters. The standard InChI is InChI=1S/C11H9N3O4/c1-6(15)10-13-14-11(18-10)17-8-5-3-2-4-7(8)9(12)16/h2-5H,1H3,(H2,12,16). The van der Waals surface area contributed by atoms with Crippen LogP contribution in [0.1, 0.15) is 28.0 Å². The Morgan fingerprint density at radius 1 is 1.28 bits per heavy atom. The third kappa shape index (κ3) is 2.34. The van der Waals surface area contributed by atoms with Crippen molar-refractivity contribution < 1.29 is 18.7 Å². The lowest BCUT2D eigenvalue weighted by Crippen LogP contribution is -2.11. The Labute approximate surface area is 102 Å². The Morgan fingerprint density at radius 2 is 2.00 bits per heavy atom. The number of aromatic nitrogens is 2. The fraction of sp³-hybridized carbons (Fsp3) is 0.0909. The van der Waals surface area contributed by atoms with Gasteiger partial charge in [0.15, 0.2) is 0 Å². The van der Waals surface area contributed by atoms with Gasteiger partial charge in [-0.3, -0.25) is 9.59 Å². The Kier molecular flexibility index (Phi) is 3.05. The van der Waals surface area contributed by atoms with Crippen molar-refractivity contribution in [3.05, 3.63) is 35.7 Å². The second-order valence-electron chi connectivity index (χ2n) is 3.39. The number of nitrogens with zero attached hydrogens (tertiary/aromatic N) is 2. The fourth-order valence-electron chi connectivity index (χ4n) is 1.25. The topological polar surface area (TPSA) is 108 Å². The lowest BCUT2D eigenvalue weighted by molar-refractivity contribution is 0.0970. The summed E-state index contributed by atoms with van der Waals surface area (Å²) >= 11 is 0. The van der Waals surface area contributed by atoms with Crippen LogP contribution in [0.25, 0.3) is 0 Å². The summed E-state index contributed by atoms with van der Waals surface area (Å²) in [5, 5.41) is 7.00. The first-order chi connectivity index (χ1) is 8.58. The van der Waals surface area contributed by atoms with E-state index in [4.69, 9.17) is 14.9 Å². The average molecular weight is 247 g/mol. The zero-order chi connectivity index (χ0) is 13.1. The molecule has 0 radical (unpaired) electrons. The highest BCUT2D eigenvalue weighted by molar-refractivity contribution is 5.95. The molecular weight excluding hydrogens is 238 g/mol. The first-order valence-electron chi connectivity index (χ1n) is 4.99. The van der Waals surface area contributed by atoms with Gasteiger partial charge in [0.1, 0.15) is 5.75 Å². The minimum Gasteiger partial charge on any atom is -0.409 e. The lowest BCUT2D eigenvalue weighted by Gasteiger charge is -2.03. The molecule has 2 N–H and O–H groups in total. The van der Waals surface area contributed by atoms with Crippen molar-refractivity contribution in [3.63, 3.8) is 0 Å². The van der Waals surface area contributed by atoms with Crippen LogP contribution in [0.15, 0.2) is 28.7 Å². The minimum atomic E-state index is -0.642. The van der Waals surface area contributed by atoms with E-state index < -0.39 is 5.91 Å². The highest BCUT2D eigenvalue weighted by Crippen LogP contribution is 2.23. The number of para-hydroxylation sites is 1. The maximum absolute atomic E-state index is 11.1. The molecule has 7 heteroatoms. The molecule has 1 aromatic carbocycles. The van der Waals surface area contributed by atoms with Gasteiger partial charge in [-0.2, -0.15) is 0 Å². The summed E-state index contributed by atoms with van der Waals surface area (Å²) in [5.41, 5.74) is 5.36. The summed E-state index contributed by atoms with van der Waals surface area (Å²) in [7, 11) is 0. The number of benzene rings is 1. The number of carbonyl (C=O) groups is 2. The highest BCUT2D eigenvalue weighted by atomic mass is 16.6. The number of ketones is 1. The third-order valence-corrected chi connectivity index (χ3v) is 2.06. The van der Waals surface area contributed by atoms with Crippen LogP contribution in [0.2, 0.25) is 0 Å². The zero-order valence-corrected chi connectivity index (χ0v) is 9.41. The van der Waals surface area contributed by atoms with Gasteiger partial charge in [-0.25, -0.2) is 0 Å². The van der Waals surface area contributed by atoms with E-state index in [-0.39, 0.29) is 29.1 Å². The normalized spacial score (nSPS) is 10.1. The van der Waals surface area contributed by atoms with Crippen molar-refractivity contribution in [1.82, 2.24) is 10.2 Å². The largest absolute Gasteiger partial charge is 0.420 e. The van der Waals surface area contributed by atoms with Crippen LogP contribution in [0, 0.1) is 0 Å². The first kappa shape index (κ1) is 11.8. The molecule has 0 bridgehead atoms. The molecule has 18 heavy (non-hydrogen) atoms. The molecule has 0 aliphatic rings.